The van der Waals surface area contributed by atoms with E-state index in [-0.39, 0.29) is 34.8 Å². The highest BCUT2D eigenvalue weighted by molar-refractivity contribution is 7.17. The molecule has 0 radical (unpaired) electrons. The minimum absolute atomic E-state index is 0.173. The first-order chi connectivity index (χ1) is 26.1. The summed E-state index contributed by atoms with van der Waals surface area (Å²) in [5, 5.41) is 19.3. The Hall–Kier alpha value is -4.80. The summed E-state index contributed by atoms with van der Waals surface area (Å²) in [6.45, 7) is 9.62. The van der Waals surface area contributed by atoms with Crippen molar-refractivity contribution in [2.75, 3.05) is 13.1 Å². The monoisotopic (exact) mass is 764 g/mol. The van der Waals surface area contributed by atoms with Crippen LogP contribution in [0.4, 0.5) is 0 Å². The van der Waals surface area contributed by atoms with Gasteiger partial charge in [-0.15, -0.1) is 22.7 Å². The van der Waals surface area contributed by atoms with E-state index in [0.29, 0.717) is 35.6 Å². The van der Waals surface area contributed by atoms with E-state index in [1.807, 2.05) is 46.2 Å². The minimum atomic E-state index is -1.00. The number of carbonyl (C=O) groups excluding carboxylic acids is 2. The molecule has 2 aromatic carbocycles. The molecule has 54 heavy (non-hydrogen) atoms. The smallest absolute Gasteiger partial charge is 0.335 e. The Kier molecular flexibility index (Phi) is 12.3. The van der Waals surface area contributed by atoms with Crippen LogP contribution < -0.4 is 0 Å². The minimum Gasteiger partial charge on any atom is -0.478 e. The fourth-order valence-electron chi connectivity index (χ4n) is 7.46. The molecule has 0 saturated carbocycles. The first-order valence-electron chi connectivity index (χ1n) is 19.1. The zero-order valence-electron chi connectivity index (χ0n) is 31.4. The summed E-state index contributed by atoms with van der Waals surface area (Å²) in [6, 6.07) is 21.4. The van der Waals surface area contributed by atoms with Crippen molar-refractivity contribution in [2.24, 2.45) is 11.8 Å². The lowest BCUT2D eigenvalue weighted by Crippen LogP contribution is -2.34. The number of thiophene rings is 2. The van der Waals surface area contributed by atoms with Gasteiger partial charge in [0, 0.05) is 22.8 Å². The Morgan fingerprint density at radius 1 is 0.593 bits per heavy atom. The number of hydrogen-bond donors (Lipinski definition) is 2. The normalized spacial score (nSPS) is 15.4. The van der Waals surface area contributed by atoms with Gasteiger partial charge in [-0.05, 0) is 84.3 Å². The number of carboxylic acids is 2. The number of benzene rings is 2. The van der Waals surface area contributed by atoms with Gasteiger partial charge in [-0.1, -0.05) is 90.5 Å². The molecule has 4 heterocycles. The predicted molar refractivity (Wildman–Crippen MR) is 217 cm³/mol. The molecule has 4 aromatic rings. The van der Waals surface area contributed by atoms with E-state index >= 15 is 9.59 Å². The molecule has 2 atom stereocenters. The molecule has 8 nitrogen and oxygen atoms in total. The first kappa shape index (κ1) is 38.9. The van der Waals surface area contributed by atoms with Gasteiger partial charge >= 0.3 is 11.9 Å². The largest absolute Gasteiger partial charge is 0.478 e. The SMILES string of the molecule is CCCCC(CC)CN1C(=O)C2=C(c3ccc(-c4cccc(C(=O)O)c4)s3)N(CC(CC)CCCC)C(=O)C2=C1c1ccc(-c2cccc(C(=O)O)c2)s1. The second-order valence-electron chi connectivity index (χ2n) is 14.2. The number of aromatic carboxylic acids is 2. The van der Waals surface area contributed by atoms with Crippen LogP contribution in [0.5, 0.6) is 0 Å². The molecule has 0 bridgehead atoms. The summed E-state index contributed by atoms with van der Waals surface area (Å²) in [7, 11) is 0. The number of amides is 2. The number of hydrogen-bond acceptors (Lipinski definition) is 6. The van der Waals surface area contributed by atoms with E-state index in [2.05, 4.69) is 27.7 Å². The van der Waals surface area contributed by atoms with Crippen LogP contribution in [0.15, 0.2) is 83.9 Å². The second-order valence-corrected chi connectivity index (χ2v) is 16.4. The van der Waals surface area contributed by atoms with Crippen LogP contribution in [0.25, 0.3) is 32.3 Å². The Morgan fingerprint density at radius 3 is 1.33 bits per heavy atom. The Labute approximate surface area is 325 Å². The molecule has 6 rings (SSSR count). The van der Waals surface area contributed by atoms with E-state index < -0.39 is 11.9 Å². The molecular weight excluding hydrogens is 717 g/mol. The van der Waals surface area contributed by atoms with Crippen LogP contribution in [0.1, 0.15) is 110 Å². The topological polar surface area (TPSA) is 115 Å². The molecular formula is C44H48N2O6S2. The lowest BCUT2D eigenvalue weighted by atomic mass is 9.98. The summed E-state index contributed by atoms with van der Waals surface area (Å²) in [6.07, 6.45) is 7.95. The molecule has 10 heteroatoms. The van der Waals surface area contributed by atoms with E-state index in [1.165, 1.54) is 22.7 Å². The summed E-state index contributed by atoms with van der Waals surface area (Å²) in [5.74, 6) is -1.85. The van der Waals surface area contributed by atoms with E-state index in [9.17, 15) is 19.8 Å². The van der Waals surface area contributed by atoms with Crippen molar-refractivity contribution < 1.29 is 29.4 Å². The van der Waals surface area contributed by atoms with Crippen LogP contribution in [0.2, 0.25) is 0 Å². The summed E-state index contributed by atoms with van der Waals surface area (Å²) in [5.41, 5.74) is 4.04. The van der Waals surface area contributed by atoms with Gasteiger partial charge in [-0.2, -0.15) is 0 Å². The zero-order chi connectivity index (χ0) is 38.5. The maximum atomic E-state index is 15.0. The maximum Gasteiger partial charge on any atom is 0.335 e. The van der Waals surface area contributed by atoms with Crippen LogP contribution >= 0.6 is 22.7 Å². The van der Waals surface area contributed by atoms with Crippen molar-refractivity contribution in [3.8, 4) is 20.9 Å². The van der Waals surface area contributed by atoms with Crippen LogP contribution in [0, 0.1) is 11.8 Å². The van der Waals surface area contributed by atoms with Crippen molar-refractivity contribution in [3.05, 3.63) is 105 Å². The first-order valence-corrected chi connectivity index (χ1v) is 20.7. The van der Waals surface area contributed by atoms with Crippen molar-refractivity contribution in [3.63, 3.8) is 0 Å². The Balaban J connectivity index is 1.53. The highest BCUT2D eigenvalue weighted by Crippen LogP contribution is 2.50. The Morgan fingerprint density at radius 2 is 0.981 bits per heavy atom. The molecule has 0 saturated heterocycles. The van der Waals surface area contributed by atoms with Gasteiger partial charge in [0.1, 0.15) is 0 Å². The molecule has 2 aliphatic rings. The van der Waals surface area contributed by atoms with Gasteiger partial charge in [-0.25, -0.2) is 9.59 Å². The maximum absolute atomic E-state index is 15.0. The number of carbonyl (C=O) groups is 4. The quantitative estimate of drug-likeness (QED) is 0.104. The van der Waals surface area contributed by atoms with E-state index in [0.717, 1.165) is 82.0 Å². The van der Waals surface area contributed by atoms with Crippen LogP contribution in [0.3, 0.4) is 0 Å². The lowest BCUT2D eigenvalue weighted by Gasteiger charge is -2.29. The van der Waals surface area contributed by atoms with Crippen LogP contribution in [-0.4, -0.2) is 56.9 Å². The zero-order valence-corrected chi connectivity index (χ0v) is 33.0. The van der Waals surface area contributed by atoms with Gasteiger partial charge in [0.15, 0.2) is 0 Å². The summed E-state index contributed by atoms with van der Waals surface area (Å²) >= 11 is 2.92. The number of carboxylic acid groups (broad SMARTS) is 2. The van der Waals surface area contributed by atoms with E-state index in [4.69, 9.17) is 0 Å². The summed E-state index contributed by atoms with van der Waals surface area (Å²) < 4.78 is 0. The van der Waals surface area contributed by atoms with E-state index in [1.54, 1.807) is 36.4 Å². The molecule has 0 fully saturated rings. The summed E-state index contributed by atoms with van der Waals surface area (Å²) in [4.78, 5) is 60.6. The molecule has 2 unspecified atom stereocenters. The number of fused-ring (bicyclic) bond motifs is 1. The average Bonchev–Trinajstić information content (AvgIpc) is 3.97. The molecule has 0 aliphatic carbocycles. The number of unbranched alkanes of at least 4 members (excludes halogenated alkanes) is 2. The highest BCUT2D eigenvalue weighted by atomic mass is 32.1. The molecule has 2 amide bonds. The standard InChI is InChI=1S/C44H48N2O6S2/c1-5-9-13-27(7-3)25-45-39(35-21-19-33(53-35)29-15-11-17-31(23-29)43(49)50)37-38(41(45)47)40(46(42(37)48)26-28(8-4)14-10-6-2)36-22-20-34(54-36)30-16-12-18-32(24-30)44(51)52/h11-12,15-24,27-28H,5-10,13-14,25-26H2,1-4H3,(H,49,50)(H,51,52). The molecule has 282 valence electrons. The lowest BCUT2D eigenvalue weighted by molar-refractivity contribution is -0.124. The van der Waals surface area contributed by atoms with Gasteiger partial charge in [0.2, 0.25) is 0 Å². The van der Waals surface area contributed by atoms with Crippen LogP contribution in [-0.2, 0) is 9.59 Å². The third kappa shape index (κ3) is 7.86. The van der Waals surface area contributed by atoms with Gasteiger partial charge in [0.25, 0.3) is 11.8 Å². The van der Waals surface area contributed by atoms with Crippen molar-refractivity contribution >= 4 is 57.8 Å². The third-order valence-electron chi connectivity index (χ3n) is 10.6. The second kappa shape index (κ2) is 17.1. The predicted octanol–water partition coefficient (Wildman–Crippen LogP) is 10.8. The molecule has 2 N–H and O–H groups in total. The number of rotatable bonds is 18. The van der Waals surface area contributed by atoms with Crippen molar-refractivity contribution in [1.29, 1.82) is 0 Å². The van der Waals surface area contributed by atoms with Gasteiger partial charge in [-0.3, -0.25) is 9.59 Å². The van der Waals surface area contributed by atoms with Gasteiger partial charge in [0.05, 0.1) is 43.4 Å². The average molecular weight is 765 g/mol. The Bertz CT molecular complexity index is 1970. The molecule has 2 aliphatic heterocycles. The number of nitrogens with zero attached hydrogens (tertiary/aromatic N) is 2. The fraction of sp³-hybridized carbons (Fsp3) is 0.364. The third-order valence-corrected chi connectivity index (χ3v) is 12.9. The van der Waals surface area contributed by atoms with Gasteiger partial charge < -0.3 is 20.0 Å². The molecule has 2 aromatic heterocycles. The molecule has 0 spiro atoms. The fourth-order valence-corrected chi connectivity index (χ4v) is 9.59. The van der Waals surface area contributed by atoms with Crippen molar-refractivity contribution in [2.45, 2.75) is 79.1 Å². The van der Waals surface area contributed by atoms with Crippen molar-refractivity contribution in [1.82, 2.24) is 9.80 Å². The highest BCUT2D eigenvalue weighted by Gasteiger charge is 2.50.